The molecule has 1 unspecified atom stereocenters. The average Bonchev–Trinajstić information content (AvgIpc) is 2.65. The average molecular weight is 215 g/mol. The summed E-state index contributed by atoms with van der Waals surface area (Å²) < 4.78 is 5.37. The summed E-state index contributed by atoms with van der Waals surface area (Å²) in [6.45, 7) is 4.87. The smallest absolute Gasteiger partial charge is 0.226 e. The van der Waals surface area contributed by atoms with E-state index >= 15 is 0 Å². The Morgan fingerprint density at radius 3 is 2.71 bits per heavy atom. The Morgan fingerprint density at radius 1 is 1.43 bits per heavy atom. The maximum atomic E-state index is 5.51. The molecule has 1 heterocycles. The van der Waals surface area contributed by atoms with Gasteiger partial charge >= 0.3 is 0 Å². The lowest BCUT2D eigenvalue weighted by Crippen LogP contribution is -2.12. The zero-order valence-corrected chi connectivity index (χ0v) is 9.51. The van der Waals surface area contributed by atoms with Crippen molar-refractivity contribution < 1.29 is 4.42 Å². The van der Waals surface area contributed by atoms with Crippen LogP contribution in [0.5, 0.6) is 0 Å². The molecule has 1 aromatic heterocycles. The Labute approximate surface area is 88.7 Å². The van der Waals surface area contributed by atoms with E-state index in [1.807, 2.05) is 6.92 Å². The summed E-state index contributed by atoms with van der Waals surface area (Å²) in [5, 5.41) is 7.84. The number of nitrogens with two attached hydrogens (primary N) is 1. The Morgan fingerprint density at radius 2 is 2.14 bits per heavy atom. The molecule has 0 bridgehead atoms. The first-order valence-corrected chi connectivity index (χ1v) is 6.00. The van der Waals surface area contributed by atoms with Crippen molar-refractivity contribution in [3.63, 3.8) is 0 Å². The molecule has 1 aromatic rings. The van der Waals surface area contributed by atoms with E-state index in [1.165, 1.54) is 0 Å². The topological polar surface area (TPSA) is 64.9 Å². The monoisotopic (exact) mass is 215 g/mol. The molecular formula is C9H17N3OS. The van der Waals surface area contributed by atoms with Crippen LogP contribution in [0.4, 0.5) is 0 Å². The third-order valence-corrected chi connectivity index (χ3v) is 3.10. The molecule has 14 heavy (non-hydrogen) atoms. The van der Waals surface area contributed by atoms with Gasteiger partial charge in [0, 0.05) is 6.42 Å². The Balaban J connectivity index is 2.24. The normalized spacial score (nSPS) is 13.1. The van der Waals surface area contributed by atoms with E-state index in [9.17, 15) is 0 Å². The second kappa shape index (κ2) is 6.03. The Bertz CT molecular complexity index is 264. The highest BCUT2D eigenvalue weighted by molar-refractivity contribution is 7.98. The minimum absolute atomic E-state index is 0.550. The van der Waals surface area contributed by atoms with Crippen LogP contribution in [0, 0.1) is 5.92 Å². The molecule has 5 heteroatoms. The summed E-state index contributed by atoms with van der Waals surface area (Å²) in [6.07, 6.45) is 0.802. The number of hydrogen-bond acceptors (Lipinski definition) is 5. The van der Waals surface area contributed by atoms with Gasteiger partial charge in [-0.2, -0.15) is 11.8 Å². The van der Waals surface area contributed by atoms with Crippen molar-refractivity contribution in [2.75, 3.05) is 12.3 Å². The molecule has 4 nitrogen and oxygen atoms in total. The molecular weight excluding hydrogens is 198 g/mol. The first-order valence-electron chi connectivity index (χ1n) is 4.85. The lowest BCUT2D eigenvalue weighted by atomic mass is 10.2. The highest BCUT2D eigenvalue weighted by Crippen LogP contribution is 2.14. The second-order valence-electron chi connectivity index (χ2n) is 3.30. The molecule has 1 rings (SSSR count). The van der Waals surface area contributed by atoms with Crippen molar-refractivity contribution in [3.8, 4) is 0 Å². The molecule has 2 N–H and O–H groups in total. The molecule has 0 aliphatic heterocycles. The molecule has 0 spiro atoms. The number of aromatic nitrogens is 2. The fourth-order valence-electron chi connectivity index (χ4n) is 0.905. The van der Waals surface area contributed by atoms with Crippen LogP contribution >= 0.6 is 11.8 Å². The molecule has 0 amide bonds. The Hall–Kier alpha value is -0.550. The van der Waals surface area contributed by atoms with Gasteiger partial charge in [0.15, 0.2) is 0 Å². The van der Waals surface area contributed by atoms with Gasteiger partial charge in [-0.15, -0.1) is 10.2 Å². The lowest BCUT2D eigenvalue weighted by molar-refractivity contribution is 0.470. The van der Waals surface area contributed by atoms with E-state index in [0.717, 1.165) is 30.4 Å². The van der Waals surface area contributed by atoms with Crippen LogP contribution in [-0.2, 0) is 12.2 Å². The number of thioether (sulfide) groups is 1. The summed E-state index contributed by atoms with van der Waals surface area (Å²) in [6, 6.07) is 0. The zero-order valence-electron chi connectivity index (χ0n) is 8.69. The molecule has 80 valence electrons. The van der Waals surface area contributed by atoms with E-state index in [4.69, 9.17) is 10.2 Å². The van der Waals surface area contributed by atoms with Gasteiger partial charge in [0.05, 0.1) is 5.75 Å². The molecule has 0 aliphatic carbocycles. The van der Waals surface area contributed by atoms with Crippen molar-refractivity contribution >= 4 is 11.8 Å². The summed E-state index contributed by atoms with van der Waals surface area (Å²) in [5.74, 6) is 3.81. The summed E-state index contributed by atoms with van der Waals surface area (Å²) in [5.41, 5.74) is 5.51. The van der Waals surface area contributed by atoms with Crippen LogP contribution in [0.3, 0.4) is 0 Å². The van der Waals surface area contributed by atoms with Crippen LogP contribution in [0.2, 0.25) is 0 Å². The maximum absolute atomic E-state index is 5.51. The second-order valence-corrected chi connectivity index (χ2v) is 4.33. The molecule has 0 radical (unpaired) electrons. The SMILES string of the molecule is CCc1nnc(CSCC(C)CN)o1. The minimum Gasteiger partial charge on any atom is -0.424 e. The van der Waals surface area contributed by atoms with Crippen molar-refractivity contribution in [1.82, 2.24) is 10.2 Å². The third-order valence-electron chi connectivity index (χ3n) is 1.84. The predicted octanol–water partition coefficient (Wildman–Crippen LogP) is 1.46. The number of rotatable bonds is 6. The minimum atomic E-state index is 0.550. The van der Waals surface area contributed by atoms with Crippen LogP contribution in [-0.4, -0.2) is 22.5 Å². The first kappa shape index (κ1) is 11.5. The molecule has 0 aromatic carbocycles. The van der Waals surface area contributed by atoms with Crippen molar-refractivity contribution in [2.24, 2.45) is 11.7 Å². The standard InChI is InChI=1S/C9H17N3OS/c1-3-8-11-12-9(13-8)6-14-5-7(2)4-10/h7H,3-6,10H2,1-2H3. The van der Waals surface area contributed by atoms with Gasteiger partial charge in [-0.25, -0.2) is 0 Å². The van der Waals surface area contributed by atoms with Crippen molar-refractivity contribution in [3.05, 3.63) is 11.8 Å². The van der Waals surface area contributed by atoms with Crippen molar-refractivity contribution in [1.29, 1.82) is 0 Å². The predicted molar refractivity (Wildman–Crippen MR) is 58.1 cm³/mol. The van der Waals surface area contributed by atoms with Crippen LogP contribution in [0.25, 0.3) is 0 Å². The highest BCUT2D eigenvalue weighted by Gasteiger charge is 2.05. The molecule has 0 aliphatic rings. The van der Waals surface area contributed by atoms with E-state index in [0.29, 0.717) is 11.8 Å². The van der Waals surface area contributed by atoms with Gasteiger partial charge in [0.1, 0.15) is 0 Å². The van der Waals surface area contributed by atoms with Crippen molar-refractivity contribution in [2.45, 2.75) is 26.0 Å². The molecule has 0 saturated heterocycles. The van der Waals surface area contributed by atoms with Gasteiger partial charge < -0.3 is 10.2 Å². The van der Waals surface area contributed by atoms with Gasteiger partial charge in [0.2, 0.25) is 11.8 Å². The maximum Gasteiger partial charge on any atom is 0.226 e. The van der Waals surface area contributed by atoms with E-state index < -0.39 is 0 Å². The number of hydrogen-bond donors (Lipinski definition) is 1. The van der Waals surface area contributed by atoms with Gasteiger partial charge in [-0.05, 0) is 18.2 Å². The summed E-state index contributed by atoms with van der Waals surface area (Å²) in [7, 11) is 0. The zero-order chi connectivity index (χ0) is 10.4. The van der Waals surface area contributed by atoms with E-state index in [1.54, 1.807) is 11.8 Å². The van der Waals surface area contributed by atoms with Crippen LogP contribution < -0.4 is 5.73 Å². The molecule has 0 fully saturated rings. The van der Waals surface area contributed by atoms with Crippen LogP contribution in [0.1, 0.15) is 25.6 Å². The fourth-order valence-corrected chi connectivity index (χ4v) is 1.85. The Kier molecular flexibility index (Phi) is 4.97. The fraction of sp³-hybridized carbons (Fsp3) is 0.778. The summed E-state index contributed by atoms with van der Waals surface area (Å²) in [4.78, 5) is 0. The molecule has 1 atom stereocenters. The number of nitrogens with zero attached hydrogens (tertiary/aromatic N) is 2. The van der Waals surface area contributed by atoms with Gasteiger partial charge in [0.25, 0.3) is 0 Å². The van der Waals surface area contributed by atoms with E-state index in [-0.39, 0.29) is 0 Å². The summed E-state index contributed by atoms with van der Waals surface area (Å²) >= 11 is 1.79. The van der Waals surface area contributed by atoms with Crippen LogP contribution in [0.15, 0.2) is 4.42 Å². The number of aryl methyl sites for hydroxylation is 1. The first-order chi connectivity index (χ1) is 6.76. The van der Waals surface area contributed by atoms with Gasteiger partial charge in [-0.1, -0.05) is 13.8 Å². The lowest BCUT2D eigenvalue weighted by Gasteiger charge is -2.05. The molecule has 0 saturated carbocycles. The third kappa shape index (κ3) is 3.67. The van der Waals surface area contributed by atoms with Gasteiger partial charge in [-0.3, -0.25) is 0 Å². The highest BCUT2D eigenvalue weighted by atomic mass is 32.2. The quantitative estimate of drug-likeness (QED) is 0.778. The van der Waals surface area contributed by atoms with E-state index in [2.05, 4.69) is 17.1 Å². The largest absolute Gasteiger partial charge is 0.424 e.